The van der Waals surface area contributed by atoms with E-state index < -0.39 is 11.6 Å². The van der Waals surface area contributed by atoms with Gasteiger partial charge in [-0.3, -0.25) is 0 Å². The first-order valence-electron chi connectivity index (χ1n) is 8.80. The summed E-state index contributed by atoms with van der Waals surface area (Å²) in [4.78, 5) is 2.19. The van der Waals surface area contributed by atoms with E-state index in [4.69, 9.17) is 4.74 Å². The third-order valence-corrected chi connectivity index (χ3v) is 5.36. The maximum absolute atomic E-state index is 15.0. The van der Waals surface area contributed by atoms with Crippen LogP contribution in [0.4, 0.5) is 14.5 Å². The van der Waals surface area contributed by atoms with Crippen molar-refractivity contribution in [3.63, 3.8) is 0 Å². The van der Waals surface area contributed by atoms with Crippen LogP contribution < -0.4 is 4.90 Å². The molecule has 2 aliphatic heterocycles. The van der Waals surface area contributed by atoms with Gasteiger partial charge in [0.05, 0.1) is 19.3 Å². The molecule has 0 N–H and O–H groups in total. The molecule has 0 saturated carbocycles. The van der Waals surface area contributed by atoms with Gasteiger partial charge in [-0.2, -0.15) is 0 Å². The second-order valence-electron chi connectivity index (χ2n) is 8.01. The van der Waals surface area contributed by atoms with Gasteiger partial charge in [-0.05, 0) is 28.7 Å². The van der Waals surface area contributed by atoms with Gasteiger partial charge in [0, 0.05) is 23.7 Å². The number of rotatable bonds is 0. The molecule has 25 heavy (non-hydrogen) atoms. The average molecular weight is 343 g/mol. The Hall–Kier alpha value is -1.94. The smallest absolute Gasteiger partial charge is 0.164 e. The van der Waals surface area contributed by atoms with Crippen LogP contribution in [-0.2, 0) is 4.74 Å². The third kappa shape index (κ3) is 2.54. The molecule has 2 heterocycles. The Morgan fingerprint density at radius 2 is 1.80 bits per heavy atom. The second-order valence-corrected chi connectivity index (χ2v) is 8.01. The van der Waals surface area contributed by atoms with Crippen LogP contribution in [0, 0.1) is 17.0 Å². The highest BCUT2D eigenvalue weighted by atomic mass is 19.2. The molecule has 0 bridgehead atoms. The van der Waals surface area contributed by atoms with Crippen molar-refractivity contribution in [2.45, 2.75) is 32.7 Å². The van der Waals surface area contributed by atoms with Crippen molar-refractivity contribution < 1.29 is 13.5 Å². The van der Waals surface area contributed by atoms with E-state index in [-0.39, 0.29) is 17.4 Å². The molecular formula is C21H23F2NO. The molecular weight excluding hydrogens is 320 g/mol. The number of hydrogen-bond donors (Lipinski definition) is 0. The van der Waals surface area contributed by atoms with Crippen molar-refractivity contribution >= 4 is 5.69 Å². The van der Waals surface area contributed by atoms with Crippen molar-refractivity contribution in [2.24, 2.45) is 5.41 Å². The minimum Gasteiger partial charge on any atom is -0.377 e. The molecule has 2 aromatic rings. The first kappa shape index (κ1) is 16.5. The molecule has 0 radical (unpaired) electrons. The number of anilines is 1. The summed E-state index contributed by atoms with van der Waals surface area (Å²) in [6.07, 6.45) is 0. The summed E-state index contributed by atoms with van der Waals surface area (Å²) in [6, 6.07) is 11.0. The van der Waals surface area contributed by atoms with Gasteiger partial charge in [0.25, 0.3) is 0 Å². The second kappa shape index (κ2) is 5.80. The maximum Gasteiger partial charge on any atom is 0.164 e. The Bertz CT molecular complexity index is 812. The van der Waals surface area contributed by atoms with Crippen LogP contribution in [0.5, 0.6) is 0 Å². The predicted octanol–water partition coefficient (Wildman–Crippen LogP) is 5.03. The molecule has 2 nitrogen and oxygen atoms in total. The molecule has 0 amide bonds. The zero-order valence-corrected chi connectivity index (χ0v) is 14.9. The van der Waals surface area contributed by atoms with Crippen molar-refractivity contribution in [3.8, 4) is 0 Å². The van der Waals surface area contributed by atoms with Gasteiger partial charge in [-0.15, -0.1) is 0 Å². The molecule has 0 spiro atoms. The molecule has 1 saturated heterocycles. The average Bonchev–Trinajstić information content (AvgIpc) is 2.70. The van der Waals surface area contributed by atoms with Gasteiger partial charge in [-0.25, -0.2) is 8.78 Å². The van der Waals surface area contributed by atoms with Gasteiger partial charge in [-0.1, -0.05) is 45.0 Å². The quantitative estimate of drug-likeness (QED) is 0.665. The molecule has 0 aromatic heterocycles. The molecule has 132 valence electrons. The van der Waals surface area contributed by atoms with Crippen LogP contribution in [0.25, 0.3) is 0 Å². The van der Waals surface area contributed by atoms with E-state index in [1.165, 1.54) is 11.6 Å². The zero-order valence-electron chi connectivity index (χ0n) is 14.9. The lowest BCUT2D eigenvalue weighted by Gasteiger charge is -2.37. The SMILES string of the molecule is CC(C)(C)C1c2ccccc2N2CCOCC2c2c1ccc(F)c2F. The van der Waals surface area contributed by atoms with E-state index in [1.807, 2.05) is 12.1 Å². The van der Waals surface area contributed by atoms with Gasteiger partial charge in [0.1, 0.15) is 0 Å². The summed E-state index contributed by atoms with van der Waals surface area (Å²) in [6.45, 7) is 8.10. The van der Waals surface area contributed by atoms with Gasteiger partial charge in [0.15, 0.2) is 11.6 Å². The first-order chi connectivity index (χ1) is 11.9. The molecule has 2 atom stereocenters. The minimum atomic E-state index is -0.789. The Morgan fingerprint density at radius 1 is 1.04 bits per heavy atom. The molecule has 1 fully saturated rings. The predicted molar refractivity (Wildman–Crippen MR) is 95.0 cm³/mol. The molecule has 0 aliphatic carbocycles. The number of halogens is 2. The van der Waals surface area contributed by atoms with Gasteiger partial charge < -0.3 is 9.64 Å². The van der Waals surface area contributed by atoms with E-state index in [9.17, 15) is 8.78 Å². The Balaban J connectivity index is 2.07. The largest absolute Gasteiger partial charge is 0.377 e. The molecule has 4 heteroatoms. The summed E-state index contributed by atoms with van der Waals surface area (Å²) in [5.74, 6) is -1.54. The third-order valence-electron chi connectivity index (χ3n) is 5.36. The number of nitrogens with zero attached hydrogens (tertiary/aromatic N) is 1. The van der Waals surface area contributed by atoms with Crippen LogP contribution in [-0.4, -0.2) is 19.8 Å². The fourth-order valence-electron chi connectivity index (χ4n) is 4.40. The number of benzene rings is 2. The number of fused-ring (bicyclic) bond motifs is 5. The monoisotopic (exact) mass is 343 g/mol. The molecule has 4 rings (SSSR count). The summed E-state index contributed by atoms with van der Waals surface area (Å²) in [5, 5.41) is 0. The minimum absolute atomic E-state index is 0.0144. The van der Waals surface area contributed by atoms with Crippen LogP contribution >= 0.6 is 0 Å². The van der Waals surface area contributed by atoms with E-state index in [1.54, 1.807) is 6.07 Å². The first-order valence-corrected chi connectivity index (χ1v) is 8.80. The Kier molecular flexibility index (Phi) is 3.84. The fraction of sp³-hybridized carbons (Fsp3) is 0.429. The highest BCUT2D eigenvalue weighted by Crippen LogP contribution is 2.51. The van der Waals surface area contributed by atoms with E-state index >= 15 is 0 Å². The highest BCUT2D eigenvalue weighted by Gasteiger charge is 2.41. The zero-order chi connectivity index (χ0) is 17.8. The standard InChI is InChI=1S/C21H23F2NO/c1-21(2,3)19-13-6-4-5-7-16(13)24-10-11-25-12-17(24)18-14(19)8-9-15(22)20(18)23/h4-9,17,19H,10-12H2,1-3H3. The Morgan fingerprint density at radius 3 is 2.56 bits per heavy atom. The number of morpholine rings is 1. The summed E-state index contributed by atoms with van der Waals surface area (Å²) < 4.78 is 34.7. The molecule has 2 aliphatic rings. The van der Waals surface area contributed by atoms with Crippen molar-refractivity contribution in [1.29, 1.82) is 0 Å². The van der Waals surface area contributed by atoms with Crippen LogP contribution in [0.1, 0.15) is 49.4 Å². The highest BCUT2D eigenvalue weighted by molar-refractivity contribution is 5.63. The van der Waals surface area contributed by atoms with Crippen LogP contribution in [0.3, 0.4) is 0 Å². The topological polar surface area (TPSA) is 12.5 Å². The van der Waals surface area contributed by atoms with Crippen LogP contribution in [0.2, 0.25) is 0 Å². The number of ether oxygens (including phenoxy) is 1. The summed E-state index contributed by atoms with van der Waals surface area (Å²) in [5.41, 5.74) is 3.47. The Labute approximate surface area is 147 Å². The van der Waals surface area contributed by atoms with E-state index in [0.717, 1.165) is 11.3 Å². The van der Waals surface area contributed by atoms with Crippen LogP contribution in [0.15, 0.2) is 36.4 Å². The van der Waals surface area contributed by atoms with Crippen molar-refractivity contribution in [3.05, 3.63) is 64.7 Å². The summed E-state index contributed by atoms with van der Waals surface area (Å²) >= 11 is 0. The fourth-order valence-corrected chi connectivity index (χ4v) is 4.40. The molecule has 2 unspecified atom stereocenters. The van der Waals surface area contributed by atoms with Crippen molar-refractivity contribution in [2.75, 3.05) is 24.7 Å². The normalized spacial score (nSPS) is 22.7. The molecule has 2 aromatic carbocycles. The lowest BCUT2D eigenvalue weighted by atomic mass is 9.71. The van der Waals surface area contributed by atoms with E-state index in [0.29, 0.717) is 25.3 Å². The lowest BCUT2D eigenvalue weighted by Crippen LogP contribution is -2.40. The van der Waals surface area contributed by atoms with Crippen molar-refractivity contribution in [1.82, 2.24) is 0 Å². The summed E-state index contributed by atoms with van der Waals surface area (Å²) in [7, 11) is 0. The van der Waals surface area contributed by atoms with E-state index in [2.05, 4.69) is 37.8 Å². The number of hydrogen-bond acceptors (Lipinski definition) is 2. The number of para-hydroxylation sites is 1. The lowest BCUT2D eigenvalue weighted by molar-refractivity contribution is 0.0929. The van der Waals surface area contributed by atoms with Gasteiger partial charge >= 0.3 is 0 Å². The van der Waals surface area contributed by atoms with Gasteiger partial charge in [0.2, 0.25) is 0 Å². The maximum atomic E-state index is 15.0.